The van der Waals surface area contributed by atoms with Crippen LogP contribution in [0.2, 0.25) is 0 Å². The Morgan fingerprint density at radius 1 is 1.47 bits per heavy atom. The molecule has 1 aromatic heterocycles. The molecule has 8 heteroatoms. The number of anilines is 1. The minimum atomic E-state index is -0.871. The van der Waals surface area contributed by atoms with Crippen LogP contribution in [0.5, 0.6) is 0 Å². The second-order valence-corrected chi connectivity index (χ2v) is 3.60. The lowest BCUT2D eigenvalue weighted by Crippen LogP contribution is -2.35. The lowest BCUT2D eigenvalue weighted by atomic mass is 10.5. The molecule has 2 N–H and O–H groups in total. The van der Waals surface area contributed by atoms with Crippen molar-refractivity contribution in [1.29, 1.82) is 5.26 Å². The average Bonchev–Trinajstić information content (AvgIpc) is 2.60. The van der Waals surface area contributed by atoms with E-state index in [0.717, 1.165) is 11.3 Å². The topological polar surface area (TPSA) is 108 Å². The van der Waals surface area contributed by atoms with E-state index < -0.39 is 11.8 Å². The monoisotopic (exact) mass is 225 g/mol. The molecule has 0 aromatic carbocycles. The molecule has 0 aliphatic rings. The Morgan fingerprint density at radius 3 is 2.73 bits per heavy atom. The molecule has 78 valence electrons. The lowest BCUT2D eigenvalue weighted by molar-refractivity contribution is -0.136. The summed E-state index contributed by atoms with van der Waals surface area (Å²) in [6.07, 6.45) is 0. The van der Waals surface area contributed by atoms with Gasteiger partial charge in [0.2, 0.25) is 5.13 Å². The number of nitrogens with zero attached hydrogens (tertiary/aromatic N) is 3. The molecule has 2 amide bonds. The lowest BCUT2D eigenvalue weighted by Gasteiger charge is -1.99. The second-order valence-electron chi connectivity index (χ2n) is 2.42. The molecule has 0 saturated heterocycles. The highest BCUT2D eigenvalue weighted by atomic mass is 32.1. The average molecular weight is 225 g/mol. The molecule has 1 rings (SSSR count). The van der Waals surface area contributed by atoms with Gasteiger partial charge < -0.3 is 5.32 Å². The van der Waals surface area contributed by atoms with E-state index in [-0.39, 0.29) is 11.7 Å². The molecule has 15 heavy (non-hydrogen) atoms. The van der Waals surface area contributed by atoms with Crippen LogP contribution in [0.4, 0.5) is 5.13 Å². The number of hydrogen-bond donors (Lipinski definition) is 2. The predicted octanol–water partition coefficient (Wildman–Crippen LogP) is -0.575. The smallest absolute Gasteiger partial charge is 0.315 e. The molecule has 0 radical (unpaired) electrons. The summed E-state index contributed by atoms with van der Waals surface area (Å²) in [6.45, 7) is 1.52. The number of amides is 2. The largest absolute Gasteiger partial charge is 0.335 e. The van der Waals surface area contributed by atoms with Crippen LogP contribution in [0.3, 0.4) is 0 Å². The standard InChI is InChI=1S/C7H7N5O2S/c1-4-11-12-7(15-4)10-6(14)5(13)9-3-2-8/h3H2,1H3,(H,9,13)(H,10,12,14). The number of rotatable bonds is 2. The third kappa shape index (κ3) is 3.32. The predicted molar refractivity (Wildman–Crippen MR) is 51.9 cm³/mol. The van der Waals surface area contributed by atoms with Gasteiger partial charge in [-0.05, 0) is 6.92 Å². The molecule has 0 aliphatic heterocycles. The molecular formula is C7H7N5O2S. The second kappa shape index (κ2) is 5.02. The van der Waals surface area contributed by atoms with Crippen molar-refractivity contribution in [1.82, 2.24) is 15.5 Å². The van der Waals surface area contributed by atoms with Gasteiger partial charge in [-0.1, -0.05) is 11.3 Å². The van der Waals surface area contributed by atoms with Crippen molar-refractivity contribution in [2.75, 3.05) is 11.9 Å². The molecule has 7 nitrogen and oxygen atoms in total. The number of carbonyl (C=O) groups excluding carboxylic acids is 2. The van der Waals surface area contributed by atoms with E-state index in [0.29, 0.717) is 5.01 Å². The van der Waals surface area contributed by atoms with Crippen molar-refractivity contribution in [2.45, 2.75) is 6.92 Å². The number of aryl methyl sites for hydroxylation is 1. The van der Waals surface area contributed by atoms with Crippen LogP contribution in [0.15, 0.2) is 0 Å². The molecule has 0 saturated carbocycles. The van der Waals surface area contributed by atoms with Crippen molar-refractivity contribution in [3.63, 3.8) is 0 Å². The maximum absolute atomic E-state index is 11.1. The van der Waals surface area contributed by atoms with Crippen LogP contribution < -0.4 is 10.6 Å². The molecule has 0 aliphatic carbocycles. The summed E-state index contributed by atoms with van der Waals surface area (Å²) in [7, 11) is 0. The highest BCUT2D eigenvalue weighted by molar-refractivity contribution is 7.15. The van der Waals surface area contributed by atoms with E-state index in [9.17, 15) is 9.59 Å². The number of nitriles is 1. The Bertz CT molecular complexity index is 421. The van der Waals surface area contributed by atoms with Crippen LogP contribution in [0.25, 0.3) is 0 Å². The molecule has 0 unspecified atom stereocenters. The zero-order valence-corrected chi connectivity index (χ0v) is 8.59. The Morgan fingerprint density at radius 2 is 2.20 bits per heavy atom. The quantitative estimate of drug-likeness (QED) is 0.517. The molecular weight excluding hydrogens is 218 g/mol. The molecule has 0 atom stereocenters. The van der Waals surface area contributed by atoms with E-state index in [1.54, 1.807) is 13.0 Å². The van der Waals surface area contributed by atoms with Crippen molar-refractivity contribution >= 4 is 28.3 Å². The first-order valence-corrected chi connectivity index (χ1v) is 4.71. The highest BCUT2D eigenvalue weighted by Crippen LogP contribution is 2.12. The van der Waals surface area contributed by atoms with Crippen LogP contribution in [-0.4, -0.2) is 28.6 Å². The van der Waals surface area contributed by atoms with Gasteiger partial charge in [-0.2, -0.15) is 5.26 Å². The van der Waals surface area contributed by atoms with Crippen molar-refractivity contribution in [2.24, 2.45) is 0 Å². The first-order valence-electron chi connectivity index (χ1n) is 3.89. The van der Waals surface area contributed by atoms with E-state index in [2.05, 4.69) is 20.8 Å². The van der Waals surface area contributed by atoms with Crippen molar-refractivity contribution in [3.05, 3.63) is 5.01 Å². The minimum absolute atomic E-state index is 0.207. The maximum Gasteiger partial charge on any atom is 0.315 e. The molecule has 0 fully saturated rings. The van der Waals surface area contributed by atoms with E-state index >= 15 is 0 Å². The summed E-state index contributed by atoms with van der Waals surface area (Å²) in [5.74, 6) is -1.73. The van der Waals surface area contributed by atoms with Gasteiger partial charge in [-0.15, -0.1) is 10.2 Å². The third-order valence-electron chi connectivity index (χ3n) is 1.28. The molecule has 1 aromatic rings. The third-order valence-corrected chi connectivity index (χ3v) is 2.03. The SMILES string of the molecule is Cc1nnc(NC(=O)C(=O)NCC#N)s1. The van der Waals surface area contributed by atoms with Crippen LogP contribution in [0.1, 0.15) is 5.01 Å². The summed E-state index contributed by atoms with van der Waals surface area (Å²) in [5.41, 5.74) is 0. The number of aromatic nitrogens is 2. The fourth-order valence-electron chi connectivity index (χ4n) is 0.701. The summed E-state index contributed by atoms with van der Waals surface area (Å²) in [4.78, 5) is 22.1. The zero-order chi connectivity index (χ0) is 11.3. The Balaban J connectivity index is 2.49. The van der Waals surface area contributed by atoms with Crippen LogP contribution in [-0.2, 0) is 9.59 Å². The summed E-state index contributed by atoms with van der Waals surface area (Å²) >= 11 is 1.16. The number of nitrogens with one attached hydrogen (secondary N) is 2. The van der Waals surface area contributed by atoms with Gasteiger partial charge in [0.1, 0.15) is 11.6 Å². The Labute approximate surface area is 89.1 Å². The van der Waals surface area contributed by atoms with Gasteiger partial charge in [0, 0.05) is 0 Å². The molecule has 0 spiro atoms. The van der Waals surface area contributed by atoms with E-state index in [4.69, 9.17) is 5.26 Å². The normalized spacial score (nSPS) is 9.07. The first kappa shape index (κ1) is 11.1. The summed E-state index contributed by atoms with van der Waals surface area (Å²) < 4.78 is 0. The van der Waals surface area contributed by atoms with E-state index in [1.807, 2.05) is 0 Å². The van der Waals surface area contributed by atoms with Crippen LogP contribution >= 0.6 is 11.3 Å². The van der Waals surface area contributed by atoms with Gasteiger partial charge in [0.05, 0.1) is 6.07 Å². The van der Waals surface area contributed by atoms with Gasteiger partial charge in [0.25, 0.3) is 0 Å². The van der Waals surface area contributed by atoms with Gasteiger partial charge in [-0.25, -0.2) is 0 Å². The number of carbonyl (C=O) groups is 2. The minimum Gasteiger partial charge on any atom is -0.335 e. The summed E-state index contributed by atoms with van der Waals surface area (Å²) in [5, 5.41) is 20.7. The van der Waals surface area contributed by atoms with Gasteiger partial charge in [0.15, 0.2) is 0 Å². The summed E-state index contributed by atoms with van der Waals surface area (Å²) in [6, 6.07) is 1.68. The fraction of sp³-hybridized carbons (Fsp3) is 0.286. The van der Waals surface area contributed by atoms with Crippen molar-refractivity contribution < 1.29 is 9.59 Å². The molecule has 0 bridgehead atoms. The maximum atomic E-state index is 11.1. The Kier molecular flexibility index (Phi) is 3.70. The van der Waals surface area contributed by atoms with Crippen LogP contribution in [0, 0.1) is 18.3 Å². The Hall–Kier alpha value is -2.01. The zero-order valence-electron chi connectivity index (χ0n) is 7.77. The van der Waals surface area contributed by atoms with Gasteiger partial charge in [-0.3, -0.25) is 14.9 Å². The van der Waals surface area contributed by atoms with E-state index in [1.165, 1.54) is 0 Å². The molecule has 1 heterocycles. The highest BCUT2D eigenvalue weighted by Gasteiger charge is 2.14. The number of hydrogen-bond acceptors (Lipinski definition) is 6. The fourth-order valence-corrected chi connectivity index (χ4v) is 1.29. The van der Waals surface area contributed by atoms with Crippen molar-refractivity contribution in [3.8, 4) is 6.07 Å². The van der Waals surface area contributed by atoms with Gasteiger partial charge >= 0.3 is 11.8 Å². The first-order chi connectivity index (χ1) is 7.13.